The molecule has 0 heterocycles. The van der Waals surface area contributed by atoms with Crippen LogP contribution in [0.2, 0.25) is 10.0 Å². The van der Waals surface area contributed by atoms with Crippen molar-refractivity contribution < 1.29 is 14.4 Å². The van der Waals surface area contributed by atoms with E-state index in [4.69, 9.17) is 32.7 Å². The van der Waals surface area contributed by atoms with Gasteiger partial charge in [-0.05, 0) is 35.9 Å². The molecule has 3 aromatic carbocycles. The lowest BCUT2D eigenvalue weighted by Crippen LogP contribution is -2.01. The number of methoxy groups -OCH3 is 1. The topological polar surface area (TPSA) is 86.0 Å². The number of nitrogens with one attached hydrogen (secondary N) is 1. The molecule has 9 heteroatoms. The van der Waals surface area contributed by atoms with Crippen LogP contribution in [0.3, 0.4) is 0 Å². The van der Waals surface area contributed by atoms with Gasteiger partial charge in [0.25, 0.3) is 5.69 Å². The monoisotopic (exact) mass is 445 g/mol. The molecule has 0 saturated carbocycles. The average molecular weight is 446 g/mol. The van der Waals surface area contributed by atoms with E-state index < -0.39 is 4.92 Å². The second-order valence-electron chi connectivity index (χ2n) is 6.09. The van der Waals surface area contributed by atoms with Crippen LogP contribution in [0.5, 0.6) is 11.5 Å². The molecule has 7 nitrogen and oxygen atoms in total. The highest BCUT2D eigenvalue weighted by atomic mass is 35.5. The quantitative estimate of drug-likeness (QED) is 0.263. The highest BCUT2D eigenvalue weighted by Crippen LogP contribution is 2.31. The number of nitro groups is 1. The Morgan fingerprint density at radius 1 is 1.10 bits per heavy atom. The minimum absolute atomic E-state index is 0.0257. The van der Waals surface area contributed by atoms with Gasteiger partial charge in [-0.2, -0.15) is 5.10 Å². The molecule has 3 rings (SSSR count). The molecule has 0 fully saturated rings. The van der Waals surface area contributed by atoms with Gasteiger partial charge in [0, 0.05) is 17.7 Å². The summed E-state index contributed by atoms with van der Waals surface area (Å²) < 4.78 is 11.4. The van der Waals surface area contributed by atoms with Crippen molar-refractivity contribution in [3.63, 3.8) is 0 Å². The van der Waals surface area contributed by atoms with Crippen molar-refractivity contribution in [1.29, 1.82) is 0 Å². The van der Waals surface area contributed by atoms with Crippen LogP contribution < -0.4 is 14.9 Å². The van der Waals surface area contributed by atoms with Crippen molar-refractivity contribution in [2.24, 2.45) is 5.10 Å². The Morgan fingerprint density at radius 3 is 2.63 bits per heavy atom. The molecule has 0 aliphatic rings. The lowest BCUT2D eigenvalue weighted by atomic mass is 10.2. The van der Waals surface area contributed by atoms with Gasteiger partial charge in [0.1, 0.15) is 6.61 Å². The number of nitrogens with zero attached hydrogens (tertiary/aromatic N) is 2. The molecule has 0 spiro atoms. The molecule has 0 unspecified atom stereocenters. The van der Waals surface area contributed by atoms with E-state index in [9.17, 15) is 10.1 Å². The number of hydrogen-bond donors (Lipinski definition) is 1. The predicted octanol–water partition coefficient (Wildman–Crippen LogP) is 5.94. The molecule has 0 bridgehead atoms. The Kier molecular flexibility index (Phi) is 7.11. The van der Waals surface area contributed by atoms with Crippen LogP contribution in [0.4, 0.5) is 11.4 Å². The molecule has 0 aliphatic heterocycles. The smallest absolute Gasteiger partial charge is 0.271 e. The zero-order valence-electron chi connectivity index (χ0n) is 15.8. The first-order valence-corrected chi connectivity index (χ1v) is 9.51. The zero-order valence-corrected chi connectivity index (χ0v) is 17.4. The van der Waals surface area contributed by atoms with Crippen LogP contribution in [0.15, 0.2) is 65.8 Å². The fraction of sp³-hybridized carbons (Fsp3) is 0.0952. The average Bonchev–Trinajstić information content (AvgIpc) is 2.75. The van der Waals surface area contributed by atoms with Crippen LogP contribution in [-0.2, 0) is 6.61 Å². The van der Waals surface area contributed by atoms with E-state index in [1.807, 2.05) is 12.1 Å². The van der Waals surface area contributed by atoms with Crippen molar-refractivity contribution in [2.75, 3.05) is 12.5 Å². The van der Waals surface area contributed by atoms with Gasteiger partial charge in [0.15, 0.2) is 11.5 Å². The van der Waals surface area contributed by atoms with Crippen molar-refractivity contribution in [3.05, 3.63) is 92.0 Å². The largest absolute Gasteiger partial charge is 0.493 e. The van der Waals surface area contributed by atoms with Gasteiger partial charge in [-0.25, -0.2) is 0 Å². The van der Waals surface area contributed by atoms with Crippen LogP contribution in [0, 0.1) is 10.1 Å². The van der Waals surface area contributed by atoms with Gasteiger partial charge >= 0.3 is 0 Å². The van der Waals surface area contributed by atoms with Crippen LogP contribution in [0.1, 0.15) is 11.1 Å². The number of hydrazone groups is 1. The molecular weight excluding hydrogens is 429 g/mol. The molecule has 154 valence electrons. The van der Waals surface area contributed by atoms with Gasteiger partial charge < -0.3 is 9.47 Å². The predicted molar refractivity (Wildman–Crippen MR) is 118 cm³/mol. The van der Waals surface area contributed by atoms with Crippen molar-refractivity contribution in [2.45, 2.75) is 6.61 Å². The van der Waals surface area contributed by atoms with Gasteiger partial charge in [-0.3, -0.25) is 15.5 Å². The first-order valence-electron chi connectivity index (χ1n) is 8.75. The standard InChI is InChI=1S/C21H17Cl2N3O4/c1-29-20-7-2-4-15(12-24-25-16-5-3-6-17(11-16)26(27)28)21(20)30-13-14-8-9-18(22)19(23)10-14/h2-12,25H,13H2,1H3. The van der Waals surface area contributed by atoms with Crippen LogP contribution in [-0.4, -0.2) is 18.2 Å². The summed E-state index contributed by atoms with van der Waals surface area (Å²) in [7, 11) is 1.55. The summed E-state index contributed by atoms with van der Waals surface area (Å²) in [5.74, 6) is 1.03. The number of non-ortho nitro benzene ring substituents is 1. The number of anilines is 1. The first-order chi connectivity index (χ1) is 14.5. The van der Waals surface area contributed by atoms with Crippen molar-refractivity contribution >= 4 is 40.8 Å². The van der Waals surface area contributed by atoms with Crippen LogP contribution >= 0.6 is 23.2 Å². The highest BCUT2D eigenvalue weighted by molar-refractivity contribution is 6.42. The van der Waals surface area contributed by atoms with E-state index in [1.165, 1.54) is 12.1 Å². The fourth-order valence-electron chi connectivity index (χ4n) is 2.60. The Balaban J connectivity index is 1.77. The number of para-hydroxylation sites is 1. The second-order valence-corrected chi connectivity index (χ2v) is 6.91. The maximum atomic E-state index is 10.9. The molecule has 0 amide bonds. The summed E-state index contributed by atoms with van der Waals surface area (Å²) in [6, 6.07) is 16.7. The summed E-state index contributed by atoms with van der Waals surface area (Å²) in [6.07, 6.45) is 1.55. The third kappa shape index (κ3) is 5.40. The van der Waals surface area contributed by atoms with Gasteiger partial charge in [0.2, 0.25) is 0 Å². The minimum atomic E-state index is -0.466. The summed E-state index contributed by atoms with van der Waals surface area (Å²) in [5.41, 5.74) is 4.74. The molecule has 0 saturated heterocycles. The summed E-state index contributed by atoms with van der Waals surface area (Å²) in [6.45, 7) is 0.246. The molecule has 0 radical (unpaired) electrons. The normalized spacial score (nSPS) is 10.8. The second kappa shape index (κ2) is 9.96. The number of halogens is 2. The Hall–Kier alpha value is -3.29. The SMILES string of the molecule is COc1cccc(C=NNc2cccc([N+](=O)[O-])c2)c1OCc1ccc(Cl)c(Cl)c1. The van der Waals surface area contributed by atoms with Gasteiger partial charge in [0.05, 0.1) is 34.0 Å². The maximum absolute atomic E-state index is 10.9. The van der Waals surface area contributed by atoms with E-state index in [0.717, 1.165) is 5.56 Å². The number of rotatable bonds is 8. The fourth-order valence-corrected chi connectivity index (χ4v) is 2.92. The summed E-state index contributed by atoms with van der Waals surface area (Å²) in [5, 5.41) is 16.0. The van der Waals surface area contributed by atoms with E-state index in [-0.39, 0.29) is 12.3 Å². The molecule has 1 N–H and O–H groups in total. The Bertz CT molecular complexity index is 1090. The van der Waals surface area contributed by atoms with Gasteiger partial charge in [-0.1, -0.05) is 41.4 Å². The molecule has 0 aliphatic carbocycles. The third-order valence-corrected chi connectivity index (χ3v) is 4.79. The van der Waals surface area contributed by atoms with E-state index in [1.54, 1.807) is 49.7 Å². The first kappa shape index (κ1) is 21.4. The van der Waals surface area contributed by atoms with Gasteiger partial charge in [-0.15, -0.1) is 0 Å². The number of benzene rings is 3. The van der Waals surface area contributed by atoms with Crippen molar-refractivity contribution in [3.8, 4) is 11.5 Å². The zero-order chi connectivity index (χ0) is 21.5. The number of hydrogen-bond acceptors (Lipinski definition) is 6. The molecule has 30 heavy (non-hydrogen) atoms. The summed E-state index contributed by atoms with van der Waals surface area (Å²) in [4.78, 5) is 10.4. The van der Waals surface area contributed by atoms with E-state index in [0.29, 0.717) is 32.8 Å². The van der Waals surface area contributed by atoms with E-state index in [2.05, 4.69) is 10.5 Å². The maximum Gasteiger partial charge on any atom is 0.271 e. The lowest BCUT2D eigenvalue weighted by Gasteiger charge is -2.13. The molecule has 0 atom stereocenters. The third-order valence-electron chi connectivity index (χ3n) is 4.05. The Labute approximate surface area is 183 Å². The molecular formula is C21H17Cl2N3O4. The number of nitro benzene ring substituents is 1. The van der Waals surface area contributed by atoms with E-state index >= 15 is 0 Å². The minimum Gasteiger partial charge on any atom is -0.493 e. The molecule has 0 aromatic heterocycles. The summed E-state index contributed by atoms with van der Waals surface area (Å²) >= 11 is 12.0. The highest BCUT2D eigenvalue weighted by Gasteiger charge is 2.11. The van der Waals surface area contributed by atoms with Crippen LogP contribution in [0.25, 0.3) is 0 Å². The van der Waals surface area contributed by atoms with Crippen molar-refractivity contribution in [1.82, 2.24) is 0 Å². The molecule has 3 aromatic rings. The Morgan fingerprint density at radius 2 is 1.90 bits per heavy atom. The number of ether oxygens (including phenoxy) is 2. The lowest BCUT2D eigenvalue weighted by molar-refractivity contribution is -0.384.